The van der Waals surface area contributed by atoms with E-state index in [0.717, 1.165) is 24.8 Å². The second-order valence-corrected chi connectivity index (χ2v) is 4.42. The molecule has 0 bridgehead atoms. The Morgan fingerprint density at radius 1 is 1.47 bits per heavy atom. The van der Waals surface area contributed by atoms with Gasteiger partial charge in [-0.15, -0.1) is 5.73 Å². The summed E-state index contributed by atoms with van der Waals surface area (Å²) in [6.45, 7) is 12.1. The first-order valence-electron chi connectivity index (χ1n) is 5.66. The van der Waals surface area contributed by atoms with Crippen LogP contribution in [0.1, 0.15) is 40.5 Å². The second-order valence-electron chi connectivity index (χ2n) is 4.42. The fourth-order valence-corrected chi connectivity index (χ4v) is 1.43. The Bertz CT molecular complexity index is 239. The quantitative estimate of drug-likeness (QED) is 0.516. The first-order chi connectivity index (χ1) is 7.04. The number of allylic oxidation sites excluding steroid dienone is 1. The molecule has 0 aromatic carbocycles. The van der Waals surface area contributed by atoms with Crippen LogP contribution >= 0.6 is 0 Å². The van der Waals surface area contributed by atoms with E-state index in [2.05, 4.69) is 45.3 Å². The maximum absolute atomic E-state index is 10.9. The number of carbonyl (C=O) groups is 1. The van der Waals surface area contributed by atoms with Crippen LogP contribution in [0.2, 0.25) is 0 Å². The van der Waals surface area contributed by atoms with E-state index in [1.165, 1.54) is 0 Å². The van der Waals surface area contributed by atoms with Crippen LogP contribution in [-0.4, -0.2) is 12.3 Å². The van der Waals surface area contributed by atoms with Gasteiger partial charge in [-0.1, -0.05) is 34.3 Å². The van der Waals surface area contributed by atoms with E-state index in [0.29, 0.717) is 11.8 Å². The van der Waals surface area contributed by atoms with Crippen LogP contribution < -0.4 is 5.32 Å². The molecule has 15 heavy (non-hydrogen) atoms. The molecule has 0 saturated heterocycles. The minimum absolute atomic E-state index is 0.108. The molecule has 0 aliphatic rings. The largest absolute Gasteiger partial charge is 0.372 e. The summed E-state index contributed by atoms with van der Waals surface area (Å²) < 4.78 is 0. The number of hydrogen-bond acceptors (Lipinski definition) is 2. The van der Waals surface area contributed by atoms with Gasteiger partial charge in [-0.05, 0) is 18.8 Å². The van der Waals surface area contributed by atoms with Crippen LogP contribution in [0.5, 0.6) is 0 Å². The molecule has 2 nitrogen and oxygen atoms in total. The van der Waals surface area contributed by atoms with E-state index in [-0.39, 0.29) is 6.04 Å². The summed E-state index contributed by atoms with van der Waals surface area (Å²) in [5.41, 5.74) is 3.84. The van der Waals surface area contributed by atoms with Crippen molar-refractivity contribution in [2.24, 2.45) is 11.8 Å². The summed E-state index contributed by atoms with van der Waals surface area (Å²) >= 11 is 0. The molecular weight excluding hydrogens is 186 g/mol. The Morgan fingerprint density at radius 2 is 2.07 bits per heavy atom. The monoisotopic (exact) mass is 209 g/mol. The van der Waals surface area contributed by atoms with Crippen LogP contribution in [0, 0.1) is 11.8 Å². The molecule has 86 valence electrons. The fourth-order valence-electron chi connectivity index (χ4n) is 1.43. The smallest absolute Gasteiger partial charge is 0.142 e. The Labute approximate surface area is 93.5 Å². The molecule has 2 atom stereocenters. The summed E-state index contributed by atoms with van der Waals surface area (Å²) in [7, 11) is 0. The molecule has 0 aliphatic carbocycles. The zero-order chi connectivity index (χ0) is 11.8. The summed E-state index contributed by atoms with van der Waals surface area (Å²) in [6, 6.07) is -0.108. The standard InChI is InChI=1S/C13H23NO/c1-6-11(5)13(7-2)14-12(9-15)8-10(3)4/h9-12,14H,2,6,8H2,1,3-5H3/t11-,12?/m1/s1. The van der Waals surface area contributed by atoms with Crippen LogP contribution in [0.25, 0.3) is 0 Å². The van der Waals surface area contributed by atoms with Crippen molar-refractivity contribution in [1.29, 1.82) is 0 Å². The third-order valence-electron chi connectivity index (χ3n) is 2.53. The lowest BCUT2D eigenvalue weighted by atomic mass is 10.0. The van der Waals surface area contributed by atoms with E-state index in [4.69, 9.17) is 0 Å². The van der Waals surface area contributed by atoms with Gasteiger partial charge in [-0.3, -0.25) is 0 Å². The first-order valence-corrected chi connectivity index (χ1v) is 5.66. The van der Waals surface area contributed by atoms with E-state index < -0.39 is 0 Å². The minimum atomic E-state index is -0.108. The number of rotatable bonds is 7. The molecule has 1 unspecified atom stereocenters. The van der Waals surface area contributed by atoms with Crippen LogP contribution in [0.3, 0.4) is 0 Å². The predicted octanol–water partition coefficient (Wildman–Crippen LogP) is 2.90. The van der Waals surface area contributed by atoms with Gasteiger partial charge in [0, 0.05) is 5.92 Å². The lowest BCUT2D eigenvalue weighted by Gasteiger charge is -2.20. The molecular formula is C13H23NO. The number of nitrogens with one attached hydrogen (secondary N) is 1. The molecule has 0 fully saturated rings. The lowest BCUT2D eigenvalue weighted by Crippen LogP contribution is -2.33. The third-order valence-corrected chi connectivity index (χ3v) is 2.53. The molecule has 0 aromatic rings. The molecule has 0 heterocycles. The van der Waals surface area contributed by atoms with E-state index in [9.17, 15) is 4.79 Å². The van der Waals surface area contributed by atoms with E-state index in [1.54, 1.807) is 0 Å². The van der Waals surface area contributed by atoms with Crippen molar-refractivity contribution in [1.82, 2.24) is 5.32 Å². The van der Waals surface area contributed by atoms with Crippen LogP contribution in [-0.2, 0) is 4.79 Å². The Morgan fingerprint density at radius 3 is 2.40 bits per heavy atom. The highest BCUT2D eigenvalue weighted by molar-refractivity contribution is 5.58. The average molecular weight is 209 g/mol. The molecule has 0 aliphatic heterocycles. The van der Waals surface area contributed by atoms with Crippen molar-refractivity contribution < 1.29 is 4.79 Å². The zero-order valence-electron chi connectivity index (χ0n) is 10.3. The first kappa shape index (κ1) is 14.0. The molecule has 0 rings (SSSR count). The number of aldehydes is 1. The van der Waals surface area contributed by atoms with Gasteiger partial charge in [-0.25, -0.2) is 0 Å². The Hall–Kier alpha value is -1.01. The Kier molecular flexibility index (Phi) is 6.81. The van der Waals surface area contributed by atoms with E-state index >= 15 is 0 Å². The van der Waals surface area contributed by atoms with Crippen molar-refractivity contribution in [3.05, 3.63) is 18.0 Å². The van der Waals surface area contributed by atoms with Gasteiger partial charge in [0.05, 0.1) is 11.7 Å². The van der Waals surface area contributed by atoms with Crippen LogP contribution in [0.4, 0.5) is 0 Å². The van der Waals surface area contributed by atoms with Crippen molar-refractivity contribution >= 4 is 6.29 Å². The highest BCUT2D eigenvalue weighted by Gasteiger charge is 2.13. The topological polar surface area (TPSA) is 29.1 Å². The maximum atomic E-state index is 10.9. The molecule has 1 N–H and O–H groups in total. The van der Waals surface area contributed by atoms with Gasteiger partial charge in [0.2, 0.25) is 0 Å². The SMILES string of the molecule is C=C=C(NC(C=O)CC(C)C)[C@H](C)CC. The van der Waals surface area contributed by atoms with Gasteiger partial charge in [-0.2, -0.15) is 0 Å². The molecule has 0 amide bonds. The summed E-state index contributed by atoms with van der Waals surface area (Å²) in [5, 5.41) is 3.21. The zero-order valence-corrected chi connectivity index (χ0v) is 10.3. The summed E-state index contributed by atoms with van der Waals surface area (Å²) in [6.07, 6.45) is 2.85. The minimum Gasteiger partial charge on any atom is -0.372 e. The van der Waals surface area contributed by atoms with Gasteiger partial charge >= 0.3 is 0 Å². The number of carbonyl (C=O) groups excluding carboxylic acids is 1. The van der Waals surface area contributed by atoms with Crippen molar-refractivity contribution in [2.45, 2.75) is 46.6 Å². The normalized spacial score (nSPS) is 14.2. The van der Waals surface area contributed by atoms with Crippen molar-refractivity contribution in [2.75, 3.05) is 0 Å². The summed E-state index contributed by atoms with van der Waals surface area (Å²) in [4.78, 5) is 10.9. The maximum Gasteiger partial charge on any atom is 0.142 e. The second kappa shape index (κ2) is 7.30. The third kappa shape index (κ3) is 5.44. The predicted molar refractivity (Wildman–Crippen MR) is 64.6 cm³/mol. The molecule has 0 aromatic heterocycles. The van der Waals surface area contributed by atoms with Crippen molar-refractivity contribution in [3.8, 4) is 0 Å². The van der Waals surface area contributed by atoms with Gasteiger partial charge < -0.3 is 10.1 Å². The number of hydrogen-bond donors (Lipinski definition) is 1. The Balaban J connectivity index is 4.38. The lowest BCUT2D eigenvalue weighted by molar-refractivity contribution is -0.109. The van der Waals surface area contributed by atoms with Gasteiger partial charge in [0.15, 0.2) is 0 Å². The fraction of sp³-hybridized carbons (Fsp3) is 0.692. The molecule has 0 saturated carbocycles. The van der Waals surface area contributed by atoms with E-state index in [1.807, 2.05) is 0 Å². The summed E-state index contributed by atoms with van der Waals surface area (Å²) in [5.74, 6) is 0.896. The highest BCUT2D eigenvalue weighted by atomic mass is 16.1. The average Bonchev–Trinajstić information content (AvgIpc) is 2.22. The molecule has 2 heteroatoms. The van der Waals surface area contributed by atoms with Crippen molar-refractivity contribution in [3.63, 3.8) is 0 Å². The van der Waals surface area contributed by atoms with Crippen LogP contribution in [0.15, 0.2) is 18.0 Å². The van der Waals surface area contributed by atoms with Gasteiger partial charge in [0.1, 0.15) is 6.29 Å². The molecule has 0 radical (unpaired) electrons. The highest BCUT2D eigenvalue weighted by Crippen LogP contribution is 2.12. The molecule has 0 spiro atoms. The van der Waals surface area contributed by atoms with Gasteiger partial charge in [0.25, 0.3) is 0 Å².